The zero-order chi connectivity index (χ0) is 23.8. The minimum Gasteiger partial charge on any atom is -0.497 e. The van der Waals surface area contributed by atoms with E-state index in [0.717, 1.165) is 11.3 Å². The molecule has 0 radical (unpaired) electrons. The van der Waals surface area contributed by atoms with Gasteiger partial charge in [-0.15, -0.1) is 0 Å². The Kier molecular flexibility index (Phi) is 8.32. The standard InChI is InChI=1S/C24H25ClN2O5S/c1-3-32-23-12-11-21(16-22(23)27-24(28)18-5-4-6-19(25)15-18)33(29,30)26-14-13-17-7-9-20(31-2)10-8-17/h4-12,15-16,26H,3,13-14H2,1-2H3,(H,27,28). The molecule has 0 aromatic heterocycles. The molecule has 0 aliphatic carbocycles. The van der Waals surface area contributed by atoms with Gasteiger partial charge in [0.2, 0.25) is 10.0 Å². The van der Waals surface area contributed by atoms with Crippen molar-refractivity contribution < 1.29 is 22.7 Å². The van der Waals surface area contributed by atoms with Crippen LogP contribution in [-0.4, -0.2) is 34.6 Å². The van der Waals surface area contributed by atoms with Crippen molar-refractivity contribution in [1.82, 2.24) is 4.72 Å². The first-order chi connectivity index (χ1) is 15.8. The van der Waals surface area contributed by atoms with E-state index in [1.165, 1.54) is 24.3 Å². The van der Waals surface area contributed by atoms with Gasteiger partial charge < -0.3 is 14.8 Å². The number of hydrogen-bond donors (Lipinski definition) is 2. The topological polar surface area (TPSA) is 93.7 Å². The summed E-state index contributed by atoms with van der Waals surface area (Å²) < 4.78 is 39.0. The molecule has 0 aliphatic rings. The molecule has 0 heterocycles. The molecule has 0 atom stereocenters. The molecule has 0 saturated carbocycles. The maximum absolute atomic E-state index is 12.8. The molecule has 0 fully saturated rings. The number of nitrogens with one attached hydrogen (secondary N) is 2. The van der Waals surface area contributed by atoms with E-state index in [1.807, 2.05) is 24.3 Å². The first-order valence-corrected chi connectivity index (χ1v) is 12.1. The van der Waals surface area contributed by atoms with Crippen LogP contribution in [0.2, 0.25) is 5.02 Å². The molecule has 9 heteroatoms. The third-order valence-electron chi connectivity index (χ3n) is 4.76. The molecular formula is C24H25ClN2O5S. The fourth-order valence-corrected chi connectivity index (χ4v) is 4.33. The second kappa shape index (κ2) is 11.2. The lowest BCUT2D eigenvalue weighted by Gasteiger charge is -2.14. The summed E-state index contributed by atoms with van der Waals surface area (Å²) in [5.41, 5.74) is 1.57. The molecule has 0 bridgehead atoms. The highest BCUT2D eigenvalue weighted by molar-refractivity contribution is 7.89. The Morgan fingerprint density at radius 2 is 1.79 bits per heavy atom. The van der Waals surface area contributed by atoms with Crippen LogP contribution >= 0.6 is 11.6 Å². The minimum absolute atomic E-state index is 0.0158. The van der Waals surface area contributed by atoms with Gasteiger partial charge in [-0.05, 0) is 67.4 Å². The molecule has 3 aromatic carbocycles. The Balaban J connectivity index is 1.75. The number of ether oxygens (including phenoxy) is 2. The van der Waals surface area contributed by atoms with Crippen molar-refractivity contribution in [3.8, 4) is 11.5 Å². The third-order valence-corrected chi connectivity index (χ3v) is 6.45. The van der Waals surface area contributed by atoms with Gasteiger partial charge in [-0.2, -0.15) is 0 Å². The van der Waals surface area contributed by atoms with Crippen molar-refractivity contribution in [1.29, 1.82) is 0 Å². The van der Waals surface area contributed by atoms with Crippen molar-refractivity contribution in [2.24, 2.45) is 0 Å². The molecule has 174 valence electrons. The third kappa shape index (κ3) is 6.71. The number of halogens is 1. The molecule has 7 nitrogen and oxygen atoms in total. The molecule has 0 unspecified atom stereocenters. The molecule has 0 saturated heterocycles. The van der Waals surface area contributed by atoms with Crippen LogP contribution in [0.15, 0.2) is 71.6 Å². The second-order valence-electron chi connectivity index (χ2n) is 7.05. The molecule has 1 amide bonds. The number of amides is 1. The summed E-state index contributed by atoms with van der Waals surface area (Å²) in [5.74, 6) is 0.673. The summed E-state index contributed by atoms with van der Waals surface area (Å²) in [6.07, 6.45) is 0.513. The fraction of sp³-hybridized carbons (Fsp3) is 0.208. The van der Waals surface area contributed by atoms with E-state index in [4.69, 9.17) is 21.1 Å². The summed E-state index contributed by atoms with van der Waals surface area (Å²) in [6.45, 7) is 2.37. The predicted octanol–water partition coefficient (Wildman–Crippen LogP) is 4.52. The van der Waals surface area contributed by atoms with Gasteiger partial charge in [-0.25, -0.2) is 13.1 Å². The number of rotatable bonds is 10. The maximum atomic E-state index is 12.8. The summed E-state index contributed by atoms with van der Waals surface area (Å²) in [7, 11) is -2.22. The van der Waals surface area contributed by atoms with Crippen LogP contribution in [0.4, 0.5) is 5.69 Å². The van der Waals surface area contributed by atoms with Crippen LogP contribution in [0, 0.1) is 0 Å². The average Bonchev–Trinajstić information content (AvgIpc) is 2.80. The monoisotopic (exact) mass is 488 g/mol. The second-order valence-corrected chi connectivity index (χ2v) is 9.25. The van der Waals surface area contributed by atoms with E-state index >= 15 is 0 Å². The lowest BCUT2D eigenvalue weighted by atomic mass is 10.1. The van der Waals surface area contributed by atoms with Crippen molar-refractivity contribution >= 4 is 33.2 Å². The normalized spacial score (nSPS) is 11.1. The highest BCUT2D eigenvalue weighted by Crippen LogP contribution is 2.28. The van der Waals surface area contributed by atoms with Gasteiger partial charge in [-0.1, -0.05) is 29.8 Å². The van der Waals surface area contributed by atoms with Crippen molar-refractivity contribution in [2.45, 2.75) is 18.2 Å². The predicted molar refractivity (Wildman–Crippen MR) is 129 cm³/mol. The van der Waals surface area contributed by atoms with Gasteiger partial charge in [0, 0.05) is 17.1 Å². The van der Waals surface area contributed by atoms with E-state index in [0.29, 0.717) is 29.4 Å². The van der Waals surface area contributed by atoms with Crippen LogP contribution in [-0.2, 0) is 16.4 Å². The first kappa shape index (κ1) is 24.6. The first-order valence-electron chi connectivity index (χ1n) is 10.3. The van der Waals surface area contributed by atoms with Gasteiger partial charge >= 0.3 is 0 Å². The zero-order valence-electron chi connectivity index (χ0n) is 18.3. The van der Waals surface area contributed by atoms with Crippen molar-refractivity contribution in [3.05, 3.63) is 82.9 Å². The molecule has 33 heavy (non-hydrogen) atoms. The van der Waals surface area contributed by atoms with Crippen LogP contribution in [0.3, 0.4) is 0 Å². The van der Waals surface area contributed by atoms with Gasteiger partial charge in [0.1, 0.15) is 11.5 Å². The van der Waals surface area contributed by atoms with Gasteiger partial charge in [-0.3, -0.25) is 4.79 Å². The highest BCUT2D eigenvalue weighted by Gasteiger charge is 2.18. The minimum atomic E-state index is -3.81. The molecule has 0 spiro atoms. The average molecular weight is 489 g/mol. The summed E-state index contributed by atoms with van der Waals surface area (Å²) in [6, 6.07) is 18.2. The quantitative estimate of drug-likeness (QED) is 0.437. The van der Waals surface area contributed by atoms with E-state index < -0.39 is 15.9 Å². The number of sulfonamides is 1. The Bertz CT molecular complexity index is 1210. The zero-order valence-corrected chi connectivity index (χ0v) is 19.9. The van der Waals surface area contributed by atoms with Crippen LogP contribution in [0.1, 0.15) is 22.8 Å². The number of benzene rings is 3. The summed E-state index contributed by atoms with van der Waals surface area (Å²) >= 11 is 5.97. The number of methoxy groups -OCH3 is 1. The van der Waals surface area contributed by atoms with E-state index in [1.54, 1.807) is 32.2 Å². The Morgan fingerprint density at radius 1 is 1.03 bits per heavy atom. The van der Waals surface area contributed by atoms with Gasteiger partial charge in [0.25, 0.3) is 5.91 Å². The lowest BCUT2D eigenvalue weighted by Crippen LogP contribution is -2.26. The Morgan fingerprint density at radius 3 is 2.45 bits per heavy atom. The molecular weight excluding hydrogens is 464 g/mol. The maximum Gasteiger partial charge on any atom is 0.255 e. The molecule has 3 rings (SSSR count). The Labute approximate surface area is 198 Å². The Hall–Kier alpha value is -3.07. The van der Waals surface area contributed by atoms with Crippen molar-refractivity contribution in [3.63, 3.8) is 0 Å². The van der Waals surface area contributed by atoms with E-state index in [2.05, 4.69) is 10.0 Å². The van der Waals surface area contributed by atoms with Crippen molar-refractivity contribution in [2.75, 3.05) is 25.6 Å². The molecule has 2 N–H and O–H groups in total. The van der Waals surface area contributed by atoms with E-state index in [-0.39, 0.29) is 17.1 Å². The lowest BCUT2D eigenvalue weighted by molar-refractivity contribution is 0.102. The fourth-order valence-electron chi connectivity index (χ4n) is 3.08. The number of anilines is 1. The van der Waals surface area contributed by atoms with Crippen LogP contribution < -0.4 is 19.5 Å². The van der Waals surface area contributed by atoms with Gasteiger partial charge in [0.15, 0.2) is 0 Å². The summed E-state index contributed by atoms with van der Waals surface area (Å²) in [5, 5.41) is 3.14. The largest absolute Gasteiger partial charge is 0.497 e. The van der Waals surface area contributed by atoms with Gasteiger partial charge in [0.05, 0.1) is 24.3 Å². The SMILES string of the molecule is CCOc1ccc(S(=O)(=O)NCCc2ccc(OC)cc2)cc1NC(=O)c1cccc(Cl)c1. The van der Waals surface area contributed by atoms with Crippen LogP contribution in [0.5, 0.6) is 11.5 Å². The molecule has 0 aliphatic heterocycles. The van der Waals surface area contributed by atoms with E-state index in [9.17, 15) is 13.2 Å². The summed E-state index contributed by atoms with van der Waals surface area (Å²) in [4.78, 5) is 12.7. The van der Waals surface area contributed by atoms with Crippen LogP contribution in [0.25, 0.3) is 0 Å². The molecule has 3 aromatic rings. The number of carbonyl (C=O) groups is 1. The number of carbonyl (C=O) groups excluding carboxylic acids is 1. The highest BCUT2D eigenvalue weighted by atomic mass is 35.5. The smallest absolute Gasteiger partial charge is 0.255 e. The number of hydrogen-bond acceptors (Lipinski definition) is 5.